The van der Waals surface area contributed by atoms with Crippen LogP contribution in [-0.2, 0) is 6.61 Å². The van der Waals surface area contributed by atoms with Gasteiger partial charge in [0.25, 0.3) is 0 Å². The molecule has 1 N–H and O–H groups in total. The van der Waals surface area contributed by atoms with E-state index in [0.29, 0.717) is 5.92 Å². The van der Waals surface area contributed by atoms with Gasteiger partial charge in [0.2, 0.25) is 0 Å². The van der Waals surface area contributed by atoms with E-state index in [4.69, 9.17) is 0 Å². The summed E-state index contributed by atoms with van der Waals surface area (Å²) in [6.07, 6.45) is 2.97. The van der Waals surface area contributed by atoms with Crippen LogP contribution in [0.4, 0.5) is 5.69 Å². The molecule has 1 aromatic heterocycles. The van der Waals surface area contributed by atoms with Gasteiger partial charge in [0.1, 0.15) is 5.82 Å². The summed E-state index contributed by atoms with van der Waals surface area (Å²) in [7, 11) is 2.03. The Kier molecular flexibility index (Phi) is 5.54. The van der Waals surface area contributed by atoms with Gasteiger partial charge in [-0.15, -0.1) is 0 Å². The molecule has 0 aliphatic rings. The Morgan fingerprint density at radius 3 is 2.50 bits per heavy atom. The van der Waals surface area contributed by atoms with Crippen molar-refractivity contribution in [2.45, 2.75) is 46.6 Å². The number of rotatable bonds is 6. The summed E-state index contributed by atoms with van der Waals surface area (Å²) in [5.41, 5.74) is 1.65. The lowest BCUT2D eigenvalue weighted by Crippen LogP contribution is -2.25. The van der Waals surface area contributed by atoms with Gasteiger partial charge in [-0.1, -0.05) is 34.1 Å². The predicted molar refractivity (Wildman–Crippen MR) is 74.8 cm³/mol. The lowest BCUT2D eigenvalue weighted by molar-refractivity contribution is 0.276. The van der Waals surface area contributed by atoms with Crippen molar-refractivity contribution in [3.8, 4) is 0 Å². The van der Waals surface area contributed by atoms with Crippen LogP contribution in [0.15, 0.2) is 6.20 Å². The number of aliphatic hydroxyl groups is 1. The Morgan fingerprint density at radius 2 is 2.00 bits per heavy atom. The van der Waals surface area contributed by atoms with E-state index in [1.807, 2.05) is 13.2 Å². The SMILES string of the molecule is CCC(C)CN(C)c1cnc(C(C)C)nc1CO. The highest BCUT2D eigenvalue weighted by Gasteiger charge is 2.13. The van der Waals surface area contributed by atoms with E-state index in [9.17, 15) is 5.11 Å². The highest BCUT2D eigenvalue weighted by molar-refractivity contribution is 5.48. The number of anilines is 1. The van der Waals surface area contributed by atoms with Crippen LogP contribution in [0.2, 0.25) is 0 Å². The van der Waals surface area contributed by atoms with E-state index >= 15 is 0 Å². The fraction of sp³-hybridized carbons (Fsp3) is 0.714. The number of aliphatic hydroxyl groups excluding tert-OH is 1. The molecule has 0 aliphatic carbocycles. The normalized spacial score (nSPS) is 12.8. The van der Waals surface area contributed by atoms with Gasteiger partial charge >= 0.3 is 0 Å². The fourth-order valence-corrected chi connectivity index (χ4v) is 1.83. The van der Waals surface area contributed by atoms with Gasteiger partial charge in [-0.2, -0.15) is 0 Å². The van der Waals surface area contributed by atoms with Crippen LogP contribution in [0.3, 0.4) is 0 Å². The van der Waals surface area contributed by atoms with Crippen LogP contribution in [-0.4, -0.2) is 28.7 Å². The van der Waals surface area contributed by atoms with E-state index in [1.54, 1.807) is 0 Å². The summed E-state index contributed by atoms with van der Waals surface area (Å²) in [5.74, 6) is 1.69. The molecule has 1 heterocycles. The molecule has 0 radical (unpaired) electrons. The van der Waals surface area contributed by atoms with Crippen LogP contribution >= 0.6 is 0 Å². The lowest BCUT2D eigenvalue weighted by atomic mass is 10.1. The Morgan fingerprint density at radius 1 is 1.33 bits per heavy atom. The Balaban J connectivity index is 2.94. The smallest absolute Gasteiger partial charge is 0.131 e. The second-order valence-electron chi connectivity index (χ2n) is 5.27. The van der Waals surface area contributed by atoms with Gasteiger partial charge in [0, 0.05) is 19.5 Å². The third-order valence-electron chi connectivity index (χ3n) is 3.22. The minimum atomic E-state index is -0.0393. The topological polar surface area (TPSA) is 49.2 Å². The molecular formula is C14H25N3O. The van der Waals surface area contributed by atoms with Gasteiger partial charge in [0.05, 0.1) is 24.2 Å². The number of hydrogen-bond acceptors (Lipinski definition) is 4. The first kappa shape index (κ1) is 14.9. The molecule has 0 aliphatic heterocycles. The second kappa shape index (κ2) is 6.69. The minimum Gasteiger partial charge on any atom is -0.390 e. The molecule has 1 unspecified atom stereocenters. The van der Waals surface area contributed by atoms with E-state index in [1.165, 1.54) is 0 Å². The summed E-state index contributed by atoms with van der Waals surface area (Å²) < 4.78 is 0. The molecule has 0 bridgehead atoms. The van der Waals surface area contributed by atoms with E-state index in [2.05, 4.69) is 42.6 Å². The van der Waals surface area contributed by atoms with Crippen molar-refractivity contribution in [2.24, 2.45) is 5.92 Å². The first-order valence-electron chi connectivity index (χ1n) is 6.67. The zero-order valence-electron chi connectivity index (χ0n) is 12.1. The summed E-state index contributed by atoms with van der Waals surface area (Å²) >= 11 is 0. The van der Waals surface area contributed by atoms with Crippen molar-refractivity contribution >= 4 is 5.69 Å². The van der Waals surface area contributed by atoms with Crippen molar-refractivity contribution < 1.29 is 5.11 Å². The third-order valence-corrected chi connectivity index (χ3v) is 3.22. The van der Waals surface area contributed by atoms with Crippen LogP contribution in [0.1, 0.15) is 51.6 Å². The summed E-state index contributed by atoms with van der Waals surface area (Å²) in [6, 6.07) is 0. The largest absolute Gasteiger partial charge is 0.390 e. The lowest BCUT2D eigenvalue weighted by Gasteiger charge is -2.24. The molecule has 0 aromatic carbocycles. The quantitative estimate of drug-likeness (QED) is 0.844. The number of aromatic nitrogens is 2. The standard InChI is InChI=1S/C14H25N3O/c1-6-11(4)8-17(5)13-7-15-14(10(2)3)16-12(13)9-18/h7,10-11,18H,6,8-9H2,1-5H3. The number of hydrogen-bond donors (Lipinski definition) is 1. The average molecular weight is 251 g/mol. The highest BCUT2D eigenvalue weighted by Crippen LogP contribution is 2.20. The Bertz CT molecular complexity index is 379. The van der Waals surface area contributed by atoms with E-state index in [-0.39, 0.29) is 12.5 Å². The van der Waals surface area contributed by atoms with Gasteiger partial charge in [-0.25, -0.2) is 9.97 Å². The van der Waals surface area contributed by atoms with Crippen LogP contribution < -0.4 is 4.90 Å². The molecule has 0 saturated carbocycles. The summed E-state index contributed by atoms with van der Waals surface area (Å²) in [5, 5.41) is 9.45. The molecule has 4 nitrogen and oxygen atoms in total. The van der Waals surface area contributed by atoms with Crippen LogP contribution in [0, 0.1) is 5.92 Å². The molecule has 1 aromatic rings. The summed E-state index contributed by atoms with van der Waals surface area (Å²) in [4.78, 5) is 10.9. The fourth-order valence-electron chi connectivity index (χ4n) is 1.83. The second-order valence-corrected chi connectivity index (χ2v) is 5.27. The minimum absolute atomic E-state index is 0.0393. The first-order chi connectivity index (χ1) is 8.49. The molecule has 1 atom stereocenters. The first-order valence-corrected chi connectivity index (χ1v) is 6.67. The summed E-state index contributed by atoms with van der Waals surface area (Å²) in [6.45, 7) is 9.43. The maximum Gasteiger partial charge on any atom is 0.131 e. The van der Waals surface area contributed by atoms with Gasteiger partial charge in [0.15, 0.2) is 0 Å². The van der Waals surface area contributed by atoms with Crippen LogP contribution in [0.5, 0.6) is 0 Å². The maximum absolute atomic E-state index is 9.45. The molecule has 0 spiro atoms. The van der Waals surface area contributed by atoms with Gasteiger partial charge in [-0.3, -0.25) is 0 Å². The predicted octanol–water partition coefficient (Wildman–Crippen LogP) is 2.57. The Hall–Kier alpha value is -1.16. The molecule has 0 saturated heterocycles. The molecule has 0 amide bonds. The van der Waals surface area contributed by atoms with Gasteiger partial charge in [-0.05, 0) is 5.92 Å². The monoisotopic (exact) mass is 251 g/mol. The maximum atomic E-state index is 9.45. The average Bonchev–Trinajstić information content (AvgIpc) is 2.37. The molecule has 0 fully saturated rings. The zero-order valence-corrected chi connectivity index (χ0v) is 12.1. The van der Waals surface area contributed by atoms with E-state index < -0.39 is 0 Å². The van der Waals surface area contributed by atoms with E-state index in [0.717, 1.165) is 30.2 Å². The third kappa shape index (κ3) is 3.67. The number of nitrogens with zero attached hydrogens (tertiary/aromatic N) is 3. The Labute approximate surface area is 110 Å². The molecule has 1 rings (SSSR count). The molecular weight excluding hydrogens is 226 g/mol. The van der Waals surface area contributed by atoms with Gasteiger partial charge < -0.3 is 10.0 Å². The van der Waals surface area contributed by atoms with Crippen molar-refractivity contribution in [1.29, 1.82) is 0 Å². The van der Waals surface area contributed by atoms with Crippen molar-refractivity contribution in [3.63, 3.8) is 0 Å². The zero-order chi connectivity index (χ0) is 13.7. The highest BCUT2D eigenvalue weighted by atomic mass is 16.3. The van der Waals surface area contributed by atoms with Crippen LogP contribution in [0.25, 0.3) is 0 Å². The van der Waals surface area contributed by atoms with Crippen molar-refractivity contribution in [1.82, 2.24) is 9.97 Å². The molecule has 102 valence electrons. The molecule has 4 heteroatoms. The van der Waals surface area contributed by atoms with Crippen molar-refractivity contribution in [2.75, 3.05) is 18.5 Å². The van der Waals surface area contributed by atoms with Crippen molar-refractivity contribution in [3.05, 3.63) is 17.7 Å². The molecule has 18 heavy (non-hydrogen) atoms.